The van der Waals surface area contributed by atoms with E-state index < -0.39 is 4.92 Å². The molecule has 6 nitrogen and oxygen atoms in total. The number of nitrogens with two attached hydrogens (primary N) is 1. The molecule has 6 heteroatoms. The lowest BCUT2D eigenvalue weighted by Gasteiger charge is -2.21. The Kier molecular flexibility index (Phi) is 4.34. The molecule has 1 fully saturated rings. The molecule has 1 heterocycles. The fraction of sp³-hybridized carbons (Fsp3) is 0.538. The molecule has 1 aliphatic rings. The maximum Gasteiger partial charge on any atom is 0.269 e. The Morgan fingerprint density at radius 2 is 2.37 bits per heavy atom. The Hall–Kier alpha value is -1.66. The molecular formula is C13H19N3O3. The zero-order valence-electron chi connectivity index (χ0n) is 11.0. The summed E-state index contributed by atoms with van der Waals surface area (Å²) >= 11 is 0. The van der Waals surface area contributed by atoms with Gasteiger partial charge in [0, 0.05) is 37.5 Å². The van der Waals surface area contributed by atoms with E-state index in [4.69, 9.17) is 10.5 Å². The molecule has 0 radical (unpaired) electrons. The van der Waals surface area contributed by atoms with Crippen molar-refractivity contribution in [2.75, 3.05) is 25.9 Å². The third-order valence-electron chi connectivity index (χ3n) is 3.32. The number of benzene rings is 1. The van der Waals surface area contributed by atoms with Gasteiger partial charge < -0.3 is 10.5 Å². The van der Waals surface area contributed by atoms with Gasteiger partial charge in [-0.05, 0) is 31.5 Å². The van der Waals surface area contributed by atoms with Gasteiger partial charge in [-0.15, -0.1) is 0 Å². The van der Waals surface area contributed by atoms with Gasteiger partial charge >= 0.3 is 0 Å². The van der Waals surface area contributed by atoms with Crippen molar-refractivity contribution < 1.29 is 9.66 Å². The lowest BCUT2D eigenvalue weighted by atomic mass is 10.1. The lowest BCUT2D eigenvalue weighted by Crippen LogP contribution is -2.28. The zero-order valence-corrected chi connectivity index (χ0v) is 11.0. The van der Waals surface area contributed by atoms with Crippen LogP contribution in [0.4, 0.5) is 11.4 Å². The van der Waals surface area contributed by atoms with Crippen molar-refractivity contribution in [2.24, 2.45) is 0 Å². The van der Waals surface area contributed by atoms with Crippen LogP contribution in [0.2, 0.25) is 0 Å². The highest BCUT2D eigenvalue weighted by atomic mass is 16.6. The predicted molar refractivity (Wildman–Crippen MR) is 72.8 cm³/mol. The molecule has 104 valence electrons. The van der Waals surface area contributed by atoms with Crippen LogP contribution in [0.15, 0.2) is 18.2 Å². The van der Waals surface area contributed by atoms with Crippen molar-refractivity contribution >= 4 is 11.4 Å². The van der Waals surface area contributed by atoms with Crippen molar-refractivity contribution in [3.63, 3.8) is 0 Å². The van der Waals surface area contributed by atoms with Crippen molar-refractivity contribution in [3.05, 3.63) is 33.9 Å². The predicted octanol–water partition coefficient (Wildman–Crippen LogP) is 1.79. The number of likely N-dealkylation sites (N-methyl/N-ethyl adjacent to an activating group) is 1. The summed E-state index contributed by atoms with van der Waals surface area (Å²) in [5.41, 5.74) is 7.32. The summed E-state index contributed by atoms with van der Waals surface area (Å²) in [5.74, 6) is 0. The summed E-state index contributed by atoms with van der Waals surface area (Å²) in [6, 6.07) is 4.56. The minimum absolute atomic E-state index is 0.0784. The molecular weight excluding hydrogens is 246 g/mol. The van der Waals surface area contributed by atoms with Crippen molar-refractivity contribution in [3.8, 4) is 0 Å². The number of nitrogen functional groups attached to an aromatic ring is 1. The molecule has 1 atom stereocenters. The Morgan fingerprint density at radius 1 is 1.58 bits per heavy atom. The van der Waals surface area contributed by atoms with Crippen LogP contribution in [0.5, 0.6) is 0 Å². The number of nitro groups is 1. The molecule has 1 saturated heterocycles. The molecule has 1 aromatic rings. The SMILES string of the molecule is CN(Cc1cc([N+](=O)[O-])ccc1N)CC1CCCO1. The molecule has 2 rings (SSSR count). The molecule has 0 amide bonds. The topological polar surface area (TPSA) is 81.6 Å². The maximum atomic E-state index is 10.8. The van der Waals surface area contributed by atoms with Crippen molar-refractivity contribution in [2.45, 2.75) is 25.5 Å². The van der Waals surface area contributed by atoms with Gasteiger partial charge in [-0.1, -0.05) is 0 Å². The number of rotatable bonds is 5. The van der Waals surface area contributed by atoms with Crippen LogP contribution in [0.1, 0.15) is 18.4 Å². The zero-order chi connectivity index (χ0) is 13.8. The van der Waals surface area contributed by atoms with Crippen LogP contribution in [-0.2, 0) is 11.3 Å². The van der Waals surface area contributed by atoms with Gasteiger partial charge in [0.2, 0.25) is 0 Å². The number of nitrogens with zero attached hydrogens (tertiary/aromatic N) is 2. The Balaban J connectivity index is 2.00. The molecule has 2 N–H and O–H groups in total. The minimum Gasteiger partial charge on any atom is -0.398 e. The standard InChI is InChI=1S/C13H19N3O3/c1-15(9-12-3-2-6-19-12)8-10-7-11(16(17)18)4-5-13(10)14/h4-5,7,12H,2-3,6,8-9,14H2,1H3. The van der Waals surface area contributed by atoms with Gasteiger partial charge in [0.25, 0.3) is 5.69 Å². The Bertz CT molecular complexity index is 458. The molecule has 1 aliphatic heterocycles. The second-order valence-corrected chi connectivity index (χ2v) is 4.97. The van der Waals surface area contributed by atoms with Gasteiger partial charge in [-0.3, -0.25) is 15.0 Å². The number of ether oxygens (including phenoxy) is 1. The van der Waals surface area contributed by atoms with Crippen LogP contribution in [-0.4, -0.2) is 36.1 Å². The average Bonchev–Trinajstić information content (AvgIpc) is 2.84. The van der Waals surface area contributed by atoms with Crippen LogP contribution in [0.3, 0.4) is 0 Å². The van der Waals surface area contributed by atoms with E-state index in [9.17, 15) is 10.1 Å². The fourth-order valence-corrected chi connectivity index (χ4v) is 2.33. The molecule has 0 spiro atoms. The molecule has 19 heavy (non-hydrogen) atoms. The van der Waals surface area contributed by atoms with Gasteiger partial charge in [-0.25, -0.2) is 0 Å². The first kappa shape index (κ1) is 13.8. The summed E-state index contributed by atoms with van der Waals surface area (Å²) in [6.45, 7) is 2.24. The molecule has 0 bridgehead atoms. The smallest absolute Gasteiger partial charge is 0.269 e. The summed E-state index contributed by atoms with van der Waals surface area (Å²) in [6.07, 6.45) is 2.46. The third kappa shape index (κ3) is 3.65. The highest BCUT2D eigenvalue weighted by Crippen LogP contribution is 2.21. The maximum absolute atomic E-state index is 10.8. The van der Waals surface area contributed by atoms with Crippen LogP contribution >= 0.6 is 0 Å². The average molecular weight is 265 g/mol. The first-order valence-corrected chi connectivity index (χ1v) is 6.39. The number of nitro benzene ring substituents is 1. The highest BCUT2D eigenvalue weighted by molar-refractivity contribution is 5.52. The second kappa shape index (κ2) is 5.99. The Labute approximate surface area is 112 Å². The number of hydrogen-bond donors (Lipinski definition) is 1. The van der Waals surface area contributed by atoms with Crippen molar-refractivity contribution in [1.29, 1.82) is 0 Å². The van der Waals surface area contributed by atoms with E-state index in [1.54, 1.807) is 12.1 Å². The molecule has 0 saturated carbocycles. The van der Waals surface area contributed by atoms with Gasteiger partial charge in [0.15, 0.2) is 0 Å². The molecule has 0 aromatic heterocycles. The highest BCUT2D eigenvalue weighted by Gasteiger charge is 2.18. The molecule has 1 aromatic carbocycles. The van der Waals surface area contributed by atoms with E-state index in [1.807, 2.05) is 7.05 Å². The molecule has 1 unspecified atom stereocenters. The number of anilines is 1. The van der Waals surface area contributed by atoms with E-state index in [1.165, 1.54) is 6.07 Å². The van der Waals surface area contributed by atoms with Crippen LogP contribution in [0, 0.1) is 10.1 Å². The monoisotopic (exact) mass is 265 g/mol. The lowest BCUT2D eigenvalue weighted by molar-refractivity contribution is -0.384. The van der Waals surface area contributed by atoms with E-state index in [2.05, 4.69) is 4.90 Å². The van der Waals surface area contributed by atoms with Crippen LogP contribution < -0.4 is 5.73 Å². The summed E-state index contributed by atoms with van der Waals surface area (Å²) in [7, 11) is 1.97. The van der Waals surface area contributed by atoms with Crippen LogP contribution in [0.25, 0.3) is 0 Å². The van der Waals surface area contributed by atoms with E-state index in [-0.39, 0.29) is 11.8 Å². The largest absolute Gasteiger partial charge is 0.398 e. The normalized spacial score (nSPS) is 18.9. The van der Waals surface area contributed by atoms with Gasteiger partial charge in [0.05, 0.1) is 11.0 Å². The first-order valence-electron chi connectivity index (χ1n) is 6.39. The minimum atomic E-state index is -0.400. The third-order valence-corrected chi connectivity index (χ3v) is 3.32. The number of hydrogen-bond acceptors (Lipinski definition) is 5. The van der Waals surface area contributed by atoms with Crippen molar-refractivity contribution in [1.82, 2.24) is 4.90 Å². The van der Waals surface area contributed by atoms with Gasteiger partial charge in [-0.2, -0.15) is 0 Å². The quantitative estimate of drug-likeness (QED) is 0.498. The second-order valence-electron chi connectivity index (χ2n) is 4.97. The molecule has 0 aliphatic carbocycles. The summed E-state index contributed by atoms with van der Waals surface area (Å²) in [4.78, 5) is 12.4. The van der Waals surface area contributed by atoms with E-state index in [0.29, 0.717) is 12.2 Å². The summed E-state index contributed by atoms with van der Waals surface area (Å²) < 4.78 is 5.57. The van der Waals surface area contributed by atoms with E-state index >= 15 is 0 Å². The summed E-state index contributed by atoms with van der Waals surface area (Å²) in [5, 5.41) is 10.8. The Morgan fingerprint density at radius 3 is 3.00 bits per heavy atom. The fourth-order valence-electron chi connectivity index (χ4n) is 2.33. The van der Waals surface area contributed by atoms with E-state index in [0.717, 1.165) is 31.6 Å². The van der Waals surface area contributed by atoms with Gasteiger partial charge in [0.1, 0.15) is 0 Å². The number of non-ortho nitro benzene ring substituents is 1. The first-order chi connectivity index (χ1) is 9.06.